The van der Waals surface area contributed by atoms with E-state index in [1.807, 2.05) is 0 Å². The second kappa shape index (κ2) is 5.25. The number of aromatic nitrogens is 2. The van der Waals surface area contributed by atoms with Gasteiger partial charge in [-0.05, 0) is 18.6 Å². The maximum atomic E-state index is 5.67. The average molecular weight is 318 g/mol. The second-order valence-corrected chi connectivity index (χ2v) is 5.72. The summed E-state index contributed by atoms with van der Waals surface area (Å²) in [7, 11) is 0. The Balaban J connectivity index is 2.35. The lowest BCUT2D eigenvalue weighted by Gasteiger charge is -2.00. The van der Waals surface area contributed by atoms with Crippen LogP contribution in [0.3, 0.4) is 0 Å². The normalized spacial score (nSPS) is 10.7. The van der Waals surface area contributed by atoms with Crippen LogP contribution in [0.4, 0.5) is 0 Å². The molecule has 16 heavy (non-hydrogen) atoms. The van der Waals surface area contributed by atoms with Gasteiger partial charge in [-0.25, -0.2) is 0 Å². The van der Waals surface area contributed by atoms with E-state index < -0.39 is 0 Å². The molecule has 2 nitrogen and oxygen atoms in total. The SMILES string of the molecule is Cc1ccc(-c2nnc(CCCl)s2)c(Br)c1. The summed E-state index contributed by atoms with van der Waals surface area (Å²) >= 11 is 10.8. The number of benzene rings is 1. The van der Waals surface area contributed by atoms with Gasteiger partial charge >= 0.3 is 0 Å². The molecule has 0 radical (unpaired) electrons. The van der Waals surface area contributed by atoms with Crippen molar-refractivity contribution in [1.82, 2.24) is 10.2 Å². The van der Waals surface area contributed by atoms with Crippen molar-refractivity contribution >= 4 is 38.9 Å². The molecule has 0 aliphatic rings. The summed E-state index contributed by atoms with van der Waals surface area (Å²) in [4.78, 5) is 0. The number of hydrogen-bond acceptors (Lipinski definition) is 3. The van der Waals surface area contributed by atoms with Crippen molar-refractivity contribution in [2.45, 2.75) is 13.3 Å². The Bertz CT molecular complexity index is 498. The zero-order chi connectivity index (χ0) is 11.5. The van der Waals surface area contributed by atoms with Crippen LogP contribution in [-0.4, -0.2) is 16.1 Å². The summed E-state index contributed by atoms with van der Waals surface area (Å²) in [5.74, 6) is 0.587. The smallest absolute Gasteiger partial charge is 0.143 e. The number of nitrogens with zero attached hydrogens (tertiary/aromatic N) is 2. The molecule has 0 fully saturated rings. The molecule has 0 unspecified atom stereocenters. The van der Waals surface area contributed by atoms with Crippen LogP contribution < -0.4 is 0 Å². The fraction of sp³-hybridized carbons (Fsp3) is 0.273. The molecule has 84 valence electrons. The van der Waals surface area contributed by atoms with Crippen LogP contribution in [0.25, 0.3) is 10.6 Å². The van der Waals surface area contributed by atoms with Crippen LogP contribution in [0.5, 0.6) is 0 Å². The summed E-state index contributed by atoms with van der Waals surface area (Å²) in [5, 5.41) is 10.2. The lowest BCUT2D eigenvalue weighted by molar-refractivity contribution is 0.989. The molecule has 0 aliphatic carbocycles. The third-order valence-electron chi connectivity index (χ3n) is 2.13. The zero-order valence-electron chi connectivity index (χ0n) is 8.70. The van der Waals surface area contributed by atoms with Gasteiger partial charge in [-0.15, -0.1) is 21.8 Å². The summed E-state index contributed by atoms with van der Waals surface area (Å²) in [6, 6.07) is 6.21. The van der Waals surface area contributed by atoms with Crippen LogP contribution in [0, 0.1) is 6.92 Å². The third-order valence-corrected chi connectivity index (χ3v) is 3.99. The molecular weight excluding hydrogens is 308 g/mol. The van der Waals surface area contributed by atoms with Crippen molar-refractivity contribution in [1.29, 1.82) is 0 Å². The van der Waals surface area contributed by atoms with E-state index in [4.69, 9.17) is 11.6 Å². The van der Waals surface area contributed by atoms with E-state index in [1.54, 1.807) is 11.3 Å². The number of aryl methyl sites for hydroxylation is 2. The molecule has 1 aromatic carbocycles. The maximum absolute atomic E-state index is 5.67. The summed E-state index contributed by atoms with van der Waals surface area (Å²) < 4.78 is 1.06. The fourth-order valence-electron chi connectivity index (χ4n) is 1.34. The molecule has 0 spiro atoms. The lowest BCUT2D eigenvalue weighted by Crippen LogP contribution is -1.83. The van der Waals surface area contributed by atoms with E-state index in [9.17, 15) is 0 Å². The van der Waals surface area contributed by atoms with Gasteiger partial charge in [0, 0.05) is 22.3 Å². The van der Waals surface area contributed by atoms with E-state index >= 15 is 0 Å². The maximum Gasteiger partial charge on any atom is 0.148 e. The van der Waals surface area contributed by atoms with E-state index in [0.29, 0.717) is 5.88 Å². The van der Waals surface area contributed by atoms with Crippen LogP contribution in [0.1, 0.15) is 10.6 Å². The number of hydrogen-bond donors (Lipinski definition) is 0. The third kappa shape index (κ3) is 2.62. The molecule has 0 N–H and O–H groups in total. The van der Waals surface area contributed by atoms with Crippen molar-refractivity contribution in [3.05, 3.63) is 33.2 Å². The van der Waals surface area contributed by atoms with Gasteiger partial charge in [0.15, 0.2) is 0 Å². The van der Waals surface area contributed by atoms with Gasteiger partial charge in [0.05, 0.1) is 0 Å². The molecule has 0 saturated heterocycles. The molecule has 2 aromatic rings. The van der Waals surface area contributed by atoms with Gasteiger partial charge in [-0.3, -0.25) is 0 Å². The molecule has 5 heteroatoms. The fourth-order valence-corrected chi connectivity index (χ4v) is 3.32. The Kier molecular flexibility index (Phi) is 3.95. The predicted octanol–water partition coefficient (Wildman–Crippen LogP) is 4.06. The highest BCUT2D eigenvalue weighted by molar-refractivity contribution is 9.10. The molecule has 0 bridgehead atoms. The minimum absolute atomic E-state index is 0.587. The largest absolute Gasteiger partial charge is 0.148 e. The van der Waals surface area contributed by atoms with Crippen LogP contribution in [0.15, 0.2) is 22.7 Å². The Hall–Kier alpha value is -0.450. The minimum atomic E-state index is 0.587. The Morgan fingerprint density at radius 3 is 2.88 bits per heavy atom. The minimum Gasteiger partial charge on any atom is -0.143 e. The highest BCUT2D eigenvalue weighted by Gasteiger charge is 2.09. The van der Waals surface area contributed by atoms with Crippen molar-refractivity contribution in [3.8, 4) is 10.6 Å². The molecule has 0 atom stereocenters. The summed E-state index contributed by atoms with van der Waals surface area (Å²) in [6.45, 7) is 2.06. The molecule has 1 heterocycles. The van der Waals surface area contributed by atoms with E-state index in [-0.39, 0.29) is 0 Å². The Morgan fingerprint density at radius 1 is 1.38 bits per heavy atom. The van der Waals surface area contributed by atoms with Crippen molar-refractivity contribution in [2.75, 3.05) is 5.88 Å². The number of rotatable bonds is 3. The van der Waals surface area contributed by atoms with Crippen molar-refractivity contribution in [3.63, 3.8) is 0 Å². The number of halogens is 2. The van der Waals surface area contributed by atoms with Crippen molar-refractivity contribution < 1.29 is 0 Å². The van der Waals surface area contributed by atoms with E-state index in [2.05, 4.69) is 51.3 Å². The number of alkyl halides is 1. The van der Waals surface area contributed by atoms with Crippen LogP contribution >= 0.6 is 38.9 Å². The molecule has 0 aliphatic heterocycles. The van der Waals surface area contributed by atoms with Gasteiger partial charge in [0.25, 0.3) is 0 Å². The molecular formula is C11H10BrClN2S. The van der Waals surface area contributed by atoms with Crippen LogP contribution in [0.2, 0.25) is 0 Å². The standard InChI is InChI=1S/C11H10BrClN2S/c1-7-2-3-8(9(12)6-7)11-15-14-10(16-11)4-5-13/h2-3,6H,4-5H2,1H3. The highest BCUT2D eigenvalue weighted by Crippen LogP contribution is 2.31. The summed E-state index contributed by atoms with van der Waals surface area (Å²) in [6.07, 6.45) is 0.780. The van der Waals surface area contributed by atoms with Gasteiger partial charge in [0.1, 0.15) is 10.0 Å². The molecule has 0 saturated carbocycles. The first kappa shape index (κ1) is 12.0. The summed E-state index contributed by atoms with van der Waals surface area (Å²) in [5.41, 5.74) is 2.31. The Labute approximate surface area is 112 Å². The second-order valence-electron chi connectivity index (χ2n) is 3.42. The first-order valence-corrected chi connectivity index (χ1v) is 7.00. The zero-order valence-corrected chi connectivity index (χ0v) is 11.9. The topological polar surface area (TPSA) is 25.8 Å². The van der Waals surface area contributed by atoms with E-state index in [1.165, 1.54) is 5.56 Å². The molecule has 0 amide bonds. The highest BCUT2D eigenvalue weighted by atomic mass is 79.9. The van der Waals surface area contributed by atoms with Gasteiger partial charge in [-0.2, -0.15) is 0 Å². The first-order chi connectivity index (χ1) is 7.70. The van der Waals surface area contributed by atoms with Crippen molar-refractivity contribution in [2.24, 2.45) is 0 Å². The van der Waals surface area contributed by atoms with Gasteiger partial charge in [0.2, 0.25) is 0 Å². The average Bonchev–Trinajstić information content (AvgIpc) is 2.67. The van der Waals surface area contributed by atoms with E-state index in [0.717, 1.165) is 26.5 Å². The van der Waals surface area contributed by atoms with Gasteiger partial charge < -0.3 is 0 Å². The quantitative estimate of drug-likeness (QED) is 0.798. The predicted molar refractivity (Wildman–Crippen MR) is 72.2 cm³/mol. The monoisotopic (exact) mass is 316 g/mol. The Morgan fingerprint density at radius 2 is 2.19 bits per heavy atom. The molecule has 2 rings (SSSR count). The lowest BCUT2D eigenvalue weighted by atomic mass is 10.2. The first-order valence-electron chi connectivity index (χ1n) is 4.85. The van der Waals surface area contributed by atoms with Crippen LogP contribution in [-0.2, 0) is 6.42 Å². The molecule has 1 aromatic heterocycles. The van der Waals surface area contributed by atoms with Gasteiger partial charge in [-0.1, -0.05) is 39.4 Å².